The summed E-state index contributed by atoms with van der Waals surface area (Å²) < 4.78 is 13.8. The normalized spacial score (nSPS) is 11.1. The maximum absolute atomic E-state index is 13.8. The third-order valence-electron chi connectivity index (χ3n) is 3.49. The van der Waals surface area contributed by atoms with Crippen LogP contribution in [-0.4, -0.2) is 9.97 Å². The van der Waals surface area contributed by atoms with Gasteiger partial charge in [-0.05, 0) is 48.4 Å². The zero-order valence-electron chi connectivity index (χ0n) is 10.7. The van der Waals surface area contributed by atoms with Crippen LogP contribution in [0.25, 0.3) is 0 Å². The highest BCUT2D eigenvalue weighted by Gasteiger charge is 2.21. The second-order valence-electron chi connectivity index (χ2n) is 4.64. The van der Waals surface area contributed by atoms with E-state index in [1.807, 2.05) is 49.6 Å². The van der Waals surface area contributed by atoms with E-state index >= 15 is 0 Å². The molecule has 0 radical (unpaired) electrons. The molecule has 3 aromatic rings. The molecule has 0 amide bonds. The Bertz CT molecular complexity index is 620. The summed E-state index contributed by atoms with van der Waals surface area (Å²) in [4.78, 5) is 6.46. The molecule has 0 aliphatic rings. The van der Waals surface area contributed by atoms with Crippen LogP contribution in [0, 0.1) is 12.7 Å². The van der Waals surface area contributed by atoms with E-state index < -0.39 is 0 Å². The lowest BCUT2D eigenvalue weighted by Crippen LogP contribution is -2.07. The Morgan fingerprint density at radius 1 is 0.895 bits per heavy atom. The highest BCUT2D eigenvalue weighted by Crippen LogP contribution is 2.32. The first-order valence-corrected chi connectivity index (χ1v) is 6.29. The summed E-state index contributed by atoms with van der Waals surface area (Å²) in [7, 11) is 0. The fourth-order valence-corrected chi connectivity index (χ4v) is 2.49. The lowest BCUT2D eigenvalue weighted by Gasteiger charge is -2.18. The average molecular weight is 254 g/mol. The Kier molecular flexibility index (Phi) is 2.95. The zero-order chi connectivity index (χ0) is 13.2. The van der Waals surface area contributed by atoms with E-state index in [2.05, 4.69) is 9.97 Å². The number of rotatable bonds is 3. The topological polar surface area (TPSA) is 31.6 Å². The minimum Gasteiger partial charge on any atom is -0.364 e. The van der Waals surface area contributed by atoms with E-state index in [1.165, 1.54) is 6.07 Å². The predicted molar refractivity (Wildman–Crippen MR) is 73.7 cm³/mol. The van der Waals surface area contributed by atoms with Gasteiger partial charge >= 0.3 is 0 Å². The quantitative estimate of drug-likeness (QED) is 0.708. The fourth-order valence-electron chi connectivity index (χ4n) is 2.49. The van der Waals surface area contributed by atoms with Crippen LogP contribution in [0.4, 0.5) is 4.39 Å². The first-order chi connectivity index (χ1) is 9.27. The van der Waals surface area contributed by atoms with Crippen molar-refractivity contribution in [1.29, 1.82) is 0 Å². The van der Waals surface area contributed by atoms with Gasteiger partial charge in [-0.25, -0.2) is 4.39 Å². The second-order valence-corrected chi connectivity index (χ2v) is 4.64. The minimum atomic E-state index is -0.166. The van der Waals surface area contributed by atoms with E-state index in [9.17, 15) is 4.39 Å². The number of benzene rings is 1. The molecule has 0 saturated carbocycles. The minimum absolute atomic E-state index is 0.000648. The lowest BCUT2D eigenvalue weighted by molar-refractivity contribution is 0.614. The molecule has 3 heteroatoms. The number of hydrogen-bond donors (Lipinski definition) is 2. The highest BCUT2D eigenvalue weighted by atomic mass is 19.1. The molecule has 0 spiro atoms. The number of aromatic amines is 2. The van der Waals surface area contributed by atoms with E-state index in [0.717, 1.165) is 17.0 Å². The van der Waals surface area contributed by atoms with Crippen LogP contribution in [0.2, 0.25) is 0 Å². The third kappa shape index (κ3) is 2.08. The monoisotopic (exact) mass is 254 g/mol. The van der Waals surface area contributed by atoms with Gasteiger partial charge in [0.05, 0.1) is 5.92 Å². The van der Waals surface area contributed by atoms with Crippen molar-refractivity contribution in [2.45, 2.75) is 12.8 Å². The summed E-state index contributed by atoms with van der Waals surface area (Å²) in [5.41, 5.74) is 3.77. The van der Waals surface area contributed by atoms with Crippen LogP contribution < -0.4 is 0 Å². The van der Waals surface area contributed by atoms with Gasteiger partial charge in [0.15, 0.2) is 0 Å². The summed E-state index contributed by atoms with van der Waals surface area (Å²) in [5, 5.41) is 0. The molecule has 3 rings (SSSR count). The lowest BCUT2D eigenvalue weighted by atomic mass is 9.89. The number of H-pyrrole nitrogens is 2. The molecule has 96 valence electrons. The smallest absolute Gasteiger partial charge is 0.126 e. The molecule has 0 fully saturated rings. The summed E-state index contributed by atoms with van der Waals surface area (Å²) in [6.07, 6.45) is 3.78. The predicted octanol–water partition coefficient (Wildman–Crippen LogP) is 3.97. The molecule has 0 aliphatic carbocycles. The van der Waals surface area contributed by atoms with E-state index in [0.29, 0.717) is 5.56 Å². The molecule has 0 aliphatic heterocycles. The van der Waals surface area contributed by atoms with Gasteiger partial charge in [0.1, 0.15) is 5.82 Å². The zero-order valence-corrected chi connectivity index (χ0v) is 10.7. The largest absolute Gasteiger partial charge is 0.364 e. The number of halogens is 1. The Morgan fingerprint density at radius 3 is 2.05 bits per heavy atom. The Hall–Kier alpha value is -2.29. The molecule has 0 atom stereocenters. The fraction of sp³-hybridized carbons (Fsp3) is 0.125. The van der Waals surface area contributed by atoms with Gasteiger partial charge in [-0.1, -0.05) is 12.1 Å². The van der Waals surface area contributed by atoms with Crippen molar-refractivity contribution in [3.8, 4) is 0 Å². The summed E-state index contributed by atoms with van der Waals surface area (Å²) in [5.74, 6) is -0.165. The molecular weight excluding hydrogens is 239 g/mol. The molecular formula is C16H15FN2. The van der Waals surface area contributed by atoms with Crippen molar-refractivity contribution in [1.82, 2.24) is 9.97 Å². The summed E-state index contributed by atoms with van der Waals surface area (Å²) in [6, 6.07) is 13.2. The van der Waals surface area contributed by atoms with E-state index in [4.69, 9.17) is 0 Å². The van der Waals surface area contributed by atoms with Gasteiger partial charge in [-0.2, -0.15) is 0 Å². The van der Waals surface area contributed by atoms with E-state index in [1.54, 1.807) is 6.07 Å². The van der Waals surface area contributed by atoms with Gasteiger partial charge in [-0.3, -0.25) is 0 Å². The second kappa shape index (κ2) is 4.76. The maximum Gasteiger partial charge on any atom is 0.126 e. The molecule has 2 heterocycles. The SMILES string of the molecule is Cc1c(F)cccc1C(c1ccc[nH]1)c1ccc[nH]1. The summed E-state index contributed by atoms with van der Waals surface area (Å²) in [6.45, 7) is 1.82. The third-order valence-corrected chi connectivity index (χ3v) is 3.49. The molecule has 2 nitrogen and oxygen atoms in total. The first-order valence-electron chi connectivity index (χ1n) is 6.29. The van der Waals surface area contributed by atoms with E-state index in [-0.39, 0.29) is 11.7 Å². The van der Waals surface area contributed by atoms with Crippen LogP contribution in [-0.2, 0) is 0 Å². The molecule has 0 saturated heterocycles. The molecule has 19 heavy (non-hydrogen) atoms. The van der Waals surface area contributed by atoms with Crippen molar-refractivity contribution in [3.05, 3.63) is 83.2 Å². The van der Waals surface area contributed by atoms with Gasteiger partial charge in [0.2, 0.25) is 0 Å². The Morgan fingerprint density at radius 2 is 1.53 bits per heavy atom. The van der Waals surface area contributed by atoms with Crippen LogP contribution in [0.3, 0.4) is 0 Å². The van der Waals surface area contributed by atoms with Gasteiger partial charge in [-0.15, -0.1) is 0 Å². The molecule has 0 unspecified atom stereocenters. The van der Waals surface area contributed by atoms with Crippen molar-refractivity contribution in [3.63, 3.8) is 0 Å². The van der Waals surface area contributed by atoms with Crippen LogP contribution in [0.1, 0.15) is 28.4 Å². The first kappa shape index (κ1) is 11.8. The molecule has 2 N–H and O–H groups in total. The molecule has 2 aromatic heterocycles. The molecule has 1 aromatic carbocycles. The van der Waals surface area contributed by atoms with Crippen LogP contribution in [0.15, 0.2) is 54.9 Å². The Balaban J connectivity index is 2.18. The highest BCUT2D eigenvalue weighted by molar-refractivity contribution is 5.42. The van der Waals surface area contributed by atoms with Crippen molar-refractivity contribution in [2.24, 2.45) is 0 Å². The van der Waals surface area contributed by atoms with Gasteiger partial charge < -0.3 is 9.97 Å². The number of hydrogen-bond acceptors (Lipinski definition) is 0. The maximum atomic E-state index is 13.8. The van der Waals surface area contributed by atoms with Crippen molar-refractivity contribution < 1.29 is 4.39 Å². The average Bonchev–Trinajstić information content (AvgIpc) is 3.08. The number of nitrogens with one attached hydrogen (secondary N) is 2. The van der Waals surface area contributed by atoms with Gasteiger partial charge in [0.25, 0.3) is 0 Å². The van der Waals surface area contributed by atoms with Crippen molar-refractivity contribution >= 4 is 0 Å². The van der Waals surface area contributed by atoms with Crippen LogP contribution >= 0.6 is 0 Å². The number of aromatic nitrogens is 2. The molecule has 0 bridgehead atoms. The van der Waals surface area contributed by atoms with Crippen molar-refractivity contribution in [2.75, 3.05) is 0 Å². The summed E-state index contributed by atoms with van der Waals surface area (Å²) >= 11 is 0. The van der Waals surface area contributed by atoms with Gasteiger partial charge in [0, 0.05) is 23.8 Å². The van der Waals surface area contributed by atoms with Crippen LogP contribution in [0.5, 0.6) is 0 Å². The Labute approximate surface area is 111 Å². The standard InChI is InChI=1S/C16H15FN2/c1-11-12(5-2-6-13(11)17)16(14-7-3-9-18-14)15-8-4-10-19-15/h2-10,16,18-19H,1H3.